The quantitative estimate of drug-likeness (QED) is 0.333. The van der Waals surface area contributed by atoms with Gasteiger partial charge < -0.3 is 31.4 Å². The van der Waals surface area contributed by atoms with Gasteiger partial charge in [0.2, 0.25) is 29.5 Å². The fraction of sp³-hybridized carbons (Fsp3) is 0.400. The van der Waals surface area contributed by atoms with Crippen LogP contribution in [-0.4, -0.2) is 67.5 Å². The van der Waals surface area contributed by atoms with E-state index in [4.69, 9.17) is 0 Å². The highest BCUT2D eigenvalue weighted by Crippen LogP contribution is 2.03. The van der Waals surface area contributed by atoms with E-state index in [-0.39, 0.29) is 38.9 Å². The summed E-state index contributed by atoms with van der Waals surface area (Å²) in [5, 5.41) is 12.2. The van der Waals surface area contributed by atoms with E-state index in [1.54, 1.807) is 24.3 Å². The van der Waals surface area contributed by atoms with E-state index in [1.165, 1.54) is 0 Å². The van der Waals surface area contributed by atoms with Crippen LogP contribution in [0.15, 0.2) is 30.3 Å². The molecule has 166 valence electrons. The number of aldehydes is 1. The van der Waals surface area contributed by atoms with E-state index in [0.29, 0.717) is 6.29 Å². The van der Waals surface area contributed by atoms with Crippen LogP contribution in [0.1, 0.15) is 18.4 Å². The highest BCUT2D eigenvalue weighted by Gasteiger charge is 2.23. The van der Waals surface area contributed by atoms with Crippen molar-refractivity contribution >= 4 is 35.8 Å². The molecule has 0 spiro atoms. The van der Waals surface area contributed by atoms with Crippen molar-refractivity contribution in [2.24, 2.45) is 0 Å². The molecule has 5 amide bonds. The molecule has 2 rings (SSSR count). The van der Waals surface area contributed by atoms with Gasteiger partial charge in [-0.1, -0.05) is 30.3 Å². The first kappa shape index (κ1) is 23.5. The van der Waals surface area contributed by atoms with E-state index in [0.717, 1.165) is 5.56 Å². The molecule has 0 aliphatic carbocycles. The molecule has 1 aliphatic heterocycles. The Bertz CT molecular complexity index is 829. The largest absolute Gasteiger partial charge is 0.352 e. The maximum atomic E-state index is 12.6. The summed E-state index contributed by atoms with van der Waals surface area (Å²) in [6.45, 7) is -0.924. The Kier molecular flexibility index (Phi) is 9.14. The molecule has 1 heterocycles. The van der Waals surface area contributed by atoms with Crippen molar-refractivity contribution in [1.29, 1.82) is 0 Å². The zero-order valence-corrected chi connectivity index (χ0v) is 16.8. The van der Waals surface area contributed by atoms with Gasteiger partial charge in [0.15, 0.2) is 0 Å². The number of hydrogen-bond acceptors (Lipinski definition) is 6. The van der Waals surface area contributed by atoms with Gasteiger partial charge in [-0.2, -0.15) is 0 Å². The molecule has 1 aromatic rings. The van der Waals surface area contributed by atoms with Crippen LogP contribution < -0.4 is 26.6 Å². The highest BCUT2D eigenvalue weighted by atomic mass is 16.2. The molecule has 0 saturated carbocycles. The molecular weight excluding hydrogens is 406 g/mol. The lowest BCUT2D eigenvalue weighted by atomic mass is 10.1. The van der Waals surface area contributed by atoms with Crippen LogP contribution in [0.25, 0.3) is 0 Å². The van der Waals surface area contributed by atoms with Crippen molar-refractivity contribution in [2.75, 3.05) is 19.6 Å². The van der Waals surface area contributed by atoms with Gasteiger partial charge in [-0.25, -0.2) is 0 Å². The van der Waals surface area contributed by atoms with Crippen LogP contribution in [0.5, 0.6) is 0 Å². The third-order valence-corrected chi connectivity index (χ3v) is 4.41. The predicted octanol–water partition coefficient (Wildman–Crippen LogP) is -2.46. The smallest absolute Gasteiger partial charge is 0.243 e. The van der Waals surface area contributed by atoms with Gasteiger partial charge in [0.25, 0.3) is 0 Å². The van der Waals surface area contributed by atoms with Crippen molar-refractivity contribution in [3.8, 4) is 0 Å². The average Bonchev–Trinajstić information content (AvgIpc) is 2.77. The molecule has 0 unspecified atom stereocenters. The van der Waals surface area contributed by atoms with Gasteiger partial charge in [-0.3, -0.25) is 24.0 Å². The van der Waals surface area contributed by atoms with Gasteiger partial charge in [0.1, 0.15) is 18.4 Å². The summed E-state index contributed by atoms with van der Waals surface area (Å²) >= 11 is 0. The first-order chi connectivity index (χ1) is 14.9. The number of hydrogen-bond donors (Lipinski definition) is 5. The SMILES string of the molecule is O=C[C@@H]1CNC(=O)CNC(=O)[C@H](Cc2ccccc2)NC(=O)CNC(=O)CCC(=O)N1. The van der Waals surface area contributed by atoms with E-state index < -0.39 is 41.6 Å². The normalized spacial score (nSPS) is 22.1. The van der Waals surface area contributed by atoms with E-state index in [1.807, 2.05) is 6.07 Å². The van der Waals surface area contributed by atoms with Crippen molar-refractivity contribution in [3.63, 3.8) is 0 Å². The first-order valence-corrected chi connectivity index (χ1v) is 9.76. The summed E-state index contributed by atoms with van der Waals surface area (Å²) in [6.07, 6.45) is 0.260. The monoisotopic (exact) mass is 431 g/mol. The van der Waals surface area contributed by atoms with Crippen molar-refractivity contribution in [1.82, 2.24) is 26.6 Å². The summed E-state index contributed by atoms with van der Waals surface area (Å²) in [4.78, 5) is 71.6. The highest BCUT2D eigenvalue weighted by molar-refractivity contribution is 5.93. The van der Waals surface area contributed by atoms with E-state index >= 15 is 0 Å². The number of amides is 5. The third-order valence-electron chi connectivity index (χ3n) is 4.41. The molecule has 11 nitrogen and oxygen atoms in total. The zero-order chi connectivity index (χ0) is 22.6. The molecule has 1 fully saturated rings. The molecule has 0 bridgehead atoms. The number of rotatable bonds is 3. The van der Waals surface area contributed by atoms with Crippen molar-refractivity contribution in [2.45, 2.75) is 31.3 Å². The molecule has 11 heteroatoms. The first-order valence-electron chi connectivity index (χ1n) is 9.76. The Morgan fingerprint density at radius 2 is 1.45 bits per heavy atom. The molecule has 2 atom stereocenters. The number of benzene rings is 1. The predicted molar refractivity (Wildman–Crippen MR) is 108 cm³/mol. The lowest BCUT2D eigenvalue weighted by Gasteiger charge is -2.19. The Labute approximate surface area is 178 Å². The van der Waals surface area contributed by atoms with Gasteiger partial charge in [-0.15, -0.1) is 0 Å². The van der Waals surface area contributed by atoms with Crippen LogP contribution in [-0.2, 0) is 35.2 Å². The second kappa shape index (κ2) is 12.1. The minimum atomic E-state index is -0.972. The molecule has 1 aromatic carbocycles. The van der Waals surface area contributed by atoms with Crippen LogP contribution in [0.2, 0.25) is 0 Å². The second-order valence-electron chi connectivity index (χ2n) is 6.92. The number of nitrogens with one attached hydrogen (secondary N) is 5. The summed E-state index contributed by atoms with van der Waals surface area (Å²) < 4.78 is 0. The molecule has 1 aliphatic rings. The van der Waals surface area contributed by atoms with E-state index in [2.05, 4.69) is 26.6 Å². The Hall–Kier alpha value is -3.76. The van der Waals surface area contributed by atoms with Crippen LogP contribution in [0.3, 0.4) is 0 Å². The fourth-order valence-electron chi connectivity index (χ4n) is 2.79. The van der Waals surface area contributed by atoms with E-state index in [9.17, 15) is 28.8 Å². The summed E-state index contributed by atoms with van der Waals surface area (Å²) in [6, 6.07) is 7.04. The minimum Gasteiger partial charge on any atom is -0.352 e. The van der Waals surface area contributed by atoms with Gasteiger partial charge >= 0.3 is 0 Å². The minimum absolute atomic E-state index is 0.166. The summed E-state index contributed by atoms with van der Waals surface area (Å²) in [5.41, 5.74) is 0.792. The standard InChI is InChI=1S/C20H25N5O6/c26-12-14-9-21-18(29)10-23-20(31)15(8-13-4-2-1-3-5-13)25-19(30)11-22-16(27)6-7-17(28)24-14/h1-5,12,14-15H,6-11H2,(H,21,29)(H,22,27)(H,23,31)(H,24,28)(H,25,30)/t14-,15-/m0/s1. The lowest BCUT2D eigenvalue weighted by Crippen LogP contribution is -2.52. The van der Waals surface area contributed by atoms with Gasteiger partial charge in [-0.05, 0) is 5.56 Å². The molecule has 5 N–H and O–H groups in total. The van der Waals surface area contributed by atoms with Crippen molar-refractivity contribution in [3.05, 3.63) is 35.9 Å². The Balaban J connectivity index is 2.11. The van der Waals surface area contributed by atoms with Crippen LogP contribution in [0.4, 0.5) is 0 Å². The zero-order valence-electron chi connectivity index (χ0n) is 16.8. The van der Waals surface area contributed by atoms with Crippen LogP contribution in [0, 0.1) is 0 Å². The van der Waals surface area contributed by atoms with Crippen LogP contribution >= 0.6 is 0 Å². The maximum Gasteiger partial charge on any atom is 0.243 e. The topological polar surface area (TPSA) is 163 Å². The molecule has 31 heavy (non-hydrogen) atoms. The van der Waals surface area contributed by atoms with Crippen molar-refractivity contribution < 1.29 is 28.8 Å². The molecule has 0 radical (unpaired) electrons. The number of carbonyl (C=O) groups excluding carboxylic acids is 6. The third kappa shape index (κ3) is 8.64. The molecular formula is C20H25N5O6. The van der Waals surface area contributed by atoms with Gasteiger partial charge in [0, 0.05) is 25.8 Å². The molecule has 1 saturated heterocycles. The summed E-state index contributed by atoms with van der Waals surface area (Å²) in [5.74, 6) is -2.83. The average molecular weight is 431 g/mol. The summed E-state index contributed by atoms with van der Waals surface area (Å²) in [7, 11) is 0. The number of carbonyl (C=O) groups is 6. The second-order valence-corrected chi connectivity index (χ2v) is 6.92. The lowest BCUT2D eigenvalue weighted by molar-refractivity contribution is -0.131. The fourth-order valence-corrected chi connectivity index (χ4v) is 2.79. The Morgan fingerprint density at radius 1 is 0.774 bits per heavy atom. The Morgan fingerprint density at radius 3 is 2.16 bits per heavy atom. The maximum absolute atomic E-state index is 12.6. The van der Waals surface area contributed by atoms with Gasteiger partial charge in [0.05, 0.1) is 13.1 Å². The molecule has 0 aromatic heterocycles.